The Morgan fingerprint density at radius 3 is 2.62 bits per heavy atom. The standard InChI is InChI=1S/C22H19N3O2S2/c1-27-18-11-9-16(10-12-18)20(26)14-29-22-23-21(24-25-22)28-13-17-7-4-6-15-5-2-3-8-19(15)17/h2-12H,13-14H2,1H3,(H,23,24,25). The van der Waals surface area contributed by atoms with Crippen LogP contribution in [0.2, 0.25) is 0 Å². The van der Waals surface area contributed by atoms with E-state index < -0.39 is 0 Å². The second-order valence-corrected chi connectivity index (χ2v) is 8.20. The summed E-state index contributed by atoms with van der Waals surface area (Å²) in [6.07, 6.45) is 0. The lowest BCUT2D eigenvalue weighted by Crippen LogP contribution is -2.02. The number of Topliss-reactive ketones (excluding diaryl/α,β-unsaturated/α-hetero) is 1. The number of ketones is 1. The lowest BCUT2D eigenvalue weighted by Gasteiger charge is -2.04. The van der Waals surface area contributed by atoms with Crippen molar-refractivity contribution in [1.82, 2.24) is 15.2 Å². The van der Waals surface area contributed by atoms with Gasteiger partial charge in [0.25, 0.3) is 0 Å². The number of aromatic amines is 1. The molecular weight excluding hydrogens is 402 g/mol. The molecule has 4 aromatic rings. The van der Waals surface area contributed by atoms with Crippen molar-refractivity contribution in [2.24, 2.45) is 0 Å². The summed E-state index contributed by atoms with van der Waals surface area (Å²) in [4.78, 5) is 16.8. The molecule has 3 aromatic carbocycles. The van der Waals surface area contributed by atoms with Crippen LogP contribution < -0.4 is 4.74 Å². The van der Waals surface area contributed by atoms with Gasteiger partial charge in [0, 0.05) is 11.3 Å². The van der Waals surface area contributed by atoms with Crippen LogP contribution in [0.15, 0.2) is 77.0 Å². The number of hydrogen-bond donors (Lipinski definition) is 1. The molecule has 0 fully saturated rings. The van der Waals surface area contributed by atoms with E-state index in [1.54, 1.807) is 43.1 Å². The highest BCUT2D eigenvalue weighted by atomic mass is 32.2. The molecule has 7 heteroatoms. The fraction of sp³-hybridized carbons (Fsp3) is 0.136. The molecule has 0 spiro atoms. The van der Waals surface area contributed by atoms with E-state index in [-0.39, 0.29) is 5.78 Å². The average Bonchev–Trinajstić information content (AvgIpc) is 3.24. The monoisotopic (exact) mass is 421 g/mol. The van der Waals surface area contributed by atoms with Crippen LogP contribution in [0.5, 0.6) is 5.75 Å². The maximum atomic E-state index is 12.3. The van der Waals surface area contributed by atoms with E-state index in [1.807, 2.05) is 6.07 Å². The first-order chi connectivity index (χ1) is 14.2. The Morgan fingerprint density at radius 1 is 1.00 bits per heavy atom. The summed E-state index contributed by atoms with van der Waals surface area (Å²) in [6.45, 7) is 0. The fourth-order valence-electron chi connectivity index (χ4n) is 2.92. The van der Waals surface area contributed by atoms with Crippen LogP contribution in [-0.2, 0) is 5.75 Å². The number of aromatic nitrogens is 3. The number of thioether (sulfide) groups is 2. The van der Waals surface area contributed by atoms with Crippen LogP contribution in [0.25, 0.3) is 10.8 Å². The average molecular weight is 422 g/mol. The number of fused-ring (bicyclic) bond motifs is 1. The Hall–Kier alpha value is -2.77. The molecule has 0 amide bonds. The molecular formula is C22H19N3O2S2. The SMILES string of the molecule is COc1ccc(C(=O)CSc2nc(SCc3cccc4ccccc34)n[nH]2)cc1. The number of nitrogens with zero attached hydrogens (tertiary/aromatic N) is 2. The number of rotatable bonds is 8. The van der Waals surface area contributed by atoms with Crippen LogP contribution in [0.4, 0.5) is 0 Å². The van der Waals surface area contributed by atoms with Gasteiger partial charge in [0.05, 0.1) is 12.9 Å². The molecule has 0 bridgehead atoms. The van der Waals surface area contributed by atoms with Gasteiger partial charge >= 0.3 is 0 Å². The summed E-state index contributed by atoms with van der Waals surface area (Å²) in [5.74, 6) is 1.86. The van der Waals surface area contributed by atoms with E-state index in [9.17, 15) is 4.79 Å². The highest BCUT2D eigenvalue weighted by molar-refractivity contribution is 8.00. The van der Waals surface area contributed by atoms with Crippen molar-refractivity contribution in [2.45, 2.75) is 16.1 Å². The molecule has 146 valence electrons. The maximum absolute atomic E-state index is 12.3. The summed E-state index contributed by atoms with van der Waals surface area (Å²) in [7, 11) is 1.60. The molecule has 29 heavy (non-hydrogen) atoms. The van der Waals surface area contributed by atoms with Gasteiger partial charge in [0.2, 0.25) is 5.16 Å². The van der Waals surface area contributed by atoms with E-state index in [4.69, 9.17) is 4.74 Å². The third-order valence-corrected chi connectivity index (χ3v) is 6.19. The molecule has 1 N–H and O–H groups in total. The molecule has 5 nitrogen and oxygen atoms in total. The Labute approximate surface area is 177 Å². The molecule has 0 saturated heterocycles. The van der Waals surface area contributed by atoms with Crippen molar-refractivity contribution >= 4 is 40.1 Å². The molecule has 4 rings (SSSR count). The van der Waals surface area contributed by atoms with Crippen LogP contribution >= 0.6 is 23.5 Å². The highest BCUT2D eigenvalue weighted by Crippen LogP contribution is 2.26. The van der Waals surface area contributed by atoms with Crippen molar-refractivity contribution in [1.29, 1.82) is 0 Å². The van der Waals surface area contributed by atoms with E-state index >= 15 is 0 Å². The summed E-state index contributed by atoms with van der Waals surface area (Å²) < 4.78 is 5.12. The second-order valence-electron chi connectivity index (χ2n) is 6.29. The number of hydrogen-bond acceptors (Lipinski definition) is 6. The topological polar surface area (TPSA) is 67.9 Å². The van der Waals surface area contributed by atoms with E-state index in [0.29, 0.717) is 21.6 Å². The minimum Gasteiger partial charge on any atom is -0.497 e. The largest absolute Gasteiger partial charge is 0.497 e. The van der Waals surface area contributed by atoms with Gasteiger partial charge in [-0.05, 0) is 40.6 Å². The molecule has 0 unspecified atom stereocenters. The quantitative estimate of drug-likeness (QED) is 0.310. The summed E-state index contributed by atoms with van der Waals surface area (Å²) in [6, 6.07) is 21.8. The van der Waals surface area contributed by atoms with Crippen molar-refractivity contribution in [3.05, 3.63) is 77.9 Å². The van der Waals surface area contributed by atoms with Gasteiger partial charge in [-0.25, -0.2) is 0 Å². The van der Waals surface area contributed by atoms with Gasteiger partial charge < -0.3 is 4.74 Å². The molecule has 0 radical (unpaired) electrons. The van der Waals surface area contributed by atoms with E-state index in [0.717, 1.165) is 11.5 Å². The zero-order chi connectivity index (χ0) is 20.1. The predicted octanol–water partition coefficient (Wildman–Crippen LogP) is 5.23. The van der Waals surface area contributed by atoms with Gasteiger partial charge in [-0.1, -0.05) is 66.0 Å². The molecule has 0 atom stereocenters. The minimum absolute atomic E-state index is 0.0408. The number of benzene rings is 3. The number of carbonyl (C=O) groups excluding carboxylic acids is 1. The molecule has 0 aliphatic heterocycles. The number of carbonyl (C=O) groups is 1. The lowest BCUT2D eigenvalue weighted by atomic mass is 10.1. The normalized spacial score (nSPS) is 10.9. The predicted molar refractivity (Wildman–Crippen MR) is 118 cm³/mol. The van der Waals surface area contributed by atoms with Crippen LogP contribution in [0.3, 0.4) is 0 Å². The molecule has 0 saturated carbocycles. The fourth-order valence-corrected chi connectivity index (χ4v) is 4.47. The lowest BCUT2D eigenvalue weighted by molar-refractivity contribution is 0.102. The van der Waals surface area contributed by atoms with Gasteiger partial charge in [-0.15, -0.1) is 5.10 Å². The van der Waals surface area contributed by atoms with Crippen molar-refractivity contribution in [3.8, 4) is 5.75 Å². The molecule has 1 aromatic heterocycles. The van der Waals surface area contributed by atoms with E-state index in [1.165, 1.54) is 28.1 Å². The number of ether oxygens (including phenoxy) is 1. The first-order valence-corrected chi connectivity index (χ1v) is 11.0. The Bertz CT molecular complexity index is 1120. The maximum Gasteiger partial charge on any atom is 0.209 e. The van der Waals surface area contributed by atoms with Gasteiger partial charge in [0.15, 0.2) is 10.9 Å². The summed E-state index contributed by atoms with van der Waals surface area (Å²) >= 11 is 2.93. The van der Waals surface area contributed by atoms with Crippen molar-refractivity contribution < 1.29 is 9.53 Å². The first-order valence-electron chi connectivity index (χ1n) is 9.05. The zero-order valence-electron chi connectivity index (χ0n) is 15.8. The van der Waals surface area contributed by atoms with E-state index in [2.05, 4.69) is 51.6 Å². The van der Waals surface area contributed by atoms with Gasteiger partial charge in [0.1, 0.15) is 5.75 Å². The minimum atomic E-state index is 0.0408. The first kappa shape index (κ1) is 19.5. The van der Waals surface area contributed by atoms with Gasteiger partial charge in [-0.2, -0.15) is 4.98 Å². The van der Waals surface area contributed by atoms with Crippen molar-refractivity contribution in [2.75, 3.05) is 12.9 Å². The summed E-state index contributed by atoms with van der Waals surface area (Å²) in [5, 5.41) is 11.0. The highest BCUT2D eigenvalue weighted by Gasteiger charge is 2.11. The van der Waals surface area contributed by atoms with Crippen molar-refractivity contribution in [3.63, 3.8) is 0 Å². The number of nitrogens with one attached hydrogen (secondary N) is 1. The number of H-pyrrole nitrogens is 1. The molecule has 0 aliphatic carbocycles. The Kier molecular flexibility index (Phi) is 6.17. The number of methoxy groups -OCH3 is 1. The Morgan fingerprint density at radius 2 is 1.79 bits per heavy atom. The summed E-state index contributed by atoms with van der Waals surface area (Å²) in [5.41, 5.74) is 1.91. The molecule has 0 aliphatic rings. The third kappa shape index (κ3) is 4.81. The zero-order valence-corrected chi connectivity index (χ0v) is 17.4. The smallest absolute Gasteiger partial charge is 0.209 e. The van der Waals surface area contributed by atoms with Gasteiger partial charge in [-0.3, -0.25) is 9.89 Å². The second kappa shape index (κ2) is 9.15. The molecule has 1 heterocycles. The van der Waals surface area contributed by atoms with Crippen LogP contribution in [0.1, 0.15) is 15.9 Å². The third-order valence-electron chi connectivity index (χ3n) is 4.43. The van der Waals surface area contributed by atoms with Crippen LogP contribution in [-0.4, -0.2) is 33.8 Å². The van der Waals surface area contributed by atoms with Crippen LogP contribution in [0, 0.1) is 0 Å². The Balaban J connectivity index is 1.34.